The molecule has 0 bridgehead atoms. The van der Waals surface area contributed by atoms with Crippen LogP contribution in [0.25, 0.3) is 11.3 Å². The number of carbonyl (C=O) groups is 1. The molecule has 0 saturated carbocycles. The number of piperidine rings is 1. The maximum Gasteiger partial charge on any atom is 0.229 e. The third kappa shape index (κ3) is 6.92. The maximum atomic E-state index is 12.4. The molecule has 0 spiro atoms. The van der Waals surface area contributed by atoms with Gasteiger partial charge in [-0.2, -0.15) is 0 Å². The predicted octanol–water partition coefficient (Wildman–Crippen LogP) is 4.66. The smallest absolute Gasteiger partial charge is 0.229 e. The zero-order chi connectivity index (χ0) is 24.8. The number of hydrogen-bond donors (Lipinski definition) is 2. The summed E-state index contributed by atoms with van der Waals surface area (Å²) in [6.45, 7) is 1.53. The number of aromatic nitrogens is 2. The molecule has 8 nitrogen and oxygen atoms in total. The van der Waals surface area contributed by atoms with Gasteiger partial charge in [0, 0.05) is 47.8 Å². The summed E-state index contributed by atoms with van der Waals surface area (Å²) >= 11 is 0.771. The number of carbonyl (C=O) groups excluding carboxylic acids is 1. The molecule has 3 aromatic rings. The molecule has 1 saturated heterocycles. The van der Waals surface area contributed by atoms with Gasteiger partial charge in [0.25, 0.3) is 0 Å². The zero-order valence-electron chi connectivity index (χ0n) is 19.1. The molecule has 1 aromatic heterocycles. The fourth-order valence-electron chi connectivity index (χ4n) is 3.93. The molecular weight excluding hydrogens is 489 g/mol. The minimum absolute atomic E-state index is 0.0459. The van der Waals surface area contributed by atoms with E-state index >= 15 is 0 Å². The summed E-state index contributed by atoms with van der Waals surface area (Å²) in [7, 11) is -3.33. The van der Waals surface area contributed by atoms with Crippen LogP contribution < -0.4 is 14.9 Å². The van der Waals surface area contributed by atoms with E-state index in [9.17, 15) is 17.6 Å². The molecule has 0 radical (unpaired) electrons. The molecule has 2 N–H and O–H groups in total. The average Bonchev–Trinajstić information content (AvgIpc) is 2.84. The zero-order valence-corrected chi connectivity index (χ0v) is 20.8. The van der Waals surface area contributed by atoms with Crippen molar-refractivity contribution in [1.29, 1.82) is 0 Å². The van der Waals surface area contributed by atoms with Gasteiger partial charge in [-0.25, -0.2) is 22.8 Å². The van der Waals surface area contributed by atoms with Crippen LogP contribution in [0.5, 0.6) is 0 Å². The first-order chi connectivity index (χ1) is 16.8. The highest BCUT2D eigenvalue weighted by Crippen LogP contribution is 2.28. The molecule has 0 aliphatic carbocycles. The van der Waals surface area contributed by atoms with Crippen LogP contribution in [0, 0.1) is 5.92 Å². The first kappa shape index (κ1) is 24.9. The van der Waals surface area contributed by atoms with E-state index in [4.69, 9.17) is 0 Å². The normalized spacial score (nSPS) is 14.5. The quantitative estimate of drug-likeness (QED) is 0.446. The Balaban J connectivity index is 1.37. The second-order valence-electron chi connectivity index (χ2n) is 8.22. The number of anilines is 4. The monoisotopic (exact) mass is 515 g/mol. The van der Waals surface area contributed by atoms with Crippen molar-refractivity contribution in [2.75, 3.05) is 40.3 Å². The number of benzene rings is 2. The van der Waals surface area contributed by atoms with E-state index in [1.165, 1.54) is 0 Å². The molecule has 4 rings (SSSR count). The van der Waals surface area contributed by atoms with Crippen LogP contribution in [-0.4, -0.2) is 48.9 Å². The minimum atomic E-state index is -3.33. The Hall–Kier alpha value is -3.18. The van der Waals surface area contributed by atoms with E-state index in [2.05, 4.69) is 24.9 Å². The lowest BCUT2D eigenvalue weighted by molar-refractivity contribution is -0.114. The highest BCUT2D eigenvalue weighted by molar-refractivity contribution is 8.13. The highest BCUT2D eigenvalue weighted by Gasteiger charge is 2.25. The summed E-state index contributed by atoms with van der Waals surface area (Å²) in [5, 5.41) is 3.16. The average molecular weight is 516 g/mol. The Kier molecular flexibility index (Phi) is 7.86. The Bertz CT molecular complexity index is 1260. The summed E-state index contributed by atoms with van der Waals surface area (Å²) in [6.07, 6.45) is 4.24. The minimum Gasteiger partial charge on any atom is -0.371 e. The van der Waals surface area contributed by atoms with Crippen molar-refractivity contribution in [3.63, 3.8) is 0 Å². The van der Waals surface area contributed by atoms with Crippen LogP contribution in [0.15, 0.2) is 60.8 Å². The lowest BCUT2D eigenvalue weighted by Gasteiger charge is -2.32. The molecule has 0 unspecified atom stereocenters. The molecule has 35 heavy (non-hydrogen) atoms. The van der Waals surface area contributed by atoms with Crippen LogP contribution in [0.4, 0.5) is 27.4 Å². The Morgan fingerprint density at radius 3 is 2.34 bits per heavy atom. The van der Waals surface area contributed by atoms with Crippen molar-refractivity contribution < 1.29 is 17.6 Å². The van der Waals surface area contributed by atoms with Gasteiger partial charge < -0.3 is 10.2 Å². The summed E-state index contributed by atoms with van der Waals surface area (Å²) < 4.78 is 37.6. The molecule has 1 aliphatic rings. The number of thioether (sulfide) groups is 1. The fraction of sp³-hybridized carbons (Fsp3) is 0.292. The van der Waals surface area contributed by atoms with E-state index in [0.29, 0.717) is 17.3 Å². The van der Waals surface area contributed by atoms with Gasteiger partial charge in [-0.3, -0.25) is 9.52 Å². The van der Waals surface area contributed by atoms with E-state index in [-0.39, 0.29) is 11.0 Å². The Morgan fingerprint density at radius 2 is 1.71 bits per heavy atom. The lowest BCUT2D eigenvalue weighted by atomic mass is 9.98. The third-order valence-corrected chi connectivity index (χ3v) is 6.99. The van der Waals surface area contributed by atoms with Crippen molar-refractivity contribution in [3.8, 4) is 11.3 Å². The van der Waals surface area contributed by atoms with E-state index in [0.717, 1.165) is 60.9 Å². The first-order valence-corrected chi connectivity index (χ1v) is 13.9. The fourth-order valence-corrected chi connectivity index (χ4v) is 5.08. The lowest BCUT2D eigenvalue weighted by Crippen LogP contribution is -2.35. The largest absolute Gasteiger partial charge is 0.371 e. The van der Waals surface area contributed by atoms with Crippen molar-refractivity contribution in [3.05, 3.63) is 60.8 Å². The maximum absolute atomic E-state index is 12.4. The number of hydrogen-bond acceptors (Lipinski definition) is 8. The van der Waals surface area contributed by atoms with Crippen LogP contribution >= 0.6 is 11.8 Å². The van der Waals surface area contributed by atoms with Gasteiger partial charge in [0.15, 0.2) is 5.12 Å². The van der Waals surface area contributed by atoms with Gasteiger partial charge in [0.1, 0.15) is 6.01 Å². The highest BCUT2D eigenvalue weighted by atomic mass is 32.2. The van der Waals surface area contributed by atoms with Crippen molar-refractivity contribution in [2.45, 2.75) is 12.8 Å². The van der Waals surface area contributed by atoms with Gasteiger partial charge >= 0.3 is 0 Å². The molecule has 1 aliphatic heterocycles. The van der Waals surface area contributed by atoms with Crippen molar-refractivity contribution in [2.24, 2.45) is 5.92 Å². The SMILES string of the molecule is CS(=O)(=O)Nc1ccc(-c2ccnc(Nc3ccc(N4CCC(C(=O)SCF)CC4)cc3)n2)cc1. The van der Waals surface area contributed by atoms with Crippen LogP contribution in [0.1, 0.15) is 12.8 Å². The topological polar surface area (TPSA) is 104 Å². The number of sulfonamides is 1. The summed E-state index contributed by atoms with van der Waals surface area (Å²) in [4.78, 5) is 23.0. The number of nitrogens with one attached hydrogen (secondary N) is 2. The van der Waals surface area contributed by atoms with Crippen LogP contribution in [0.2, 0.25) is 0 Å². The second kappa shape index (κ2) is 11.0. The summed E-state index contributed by atoms with van der Waals surface area (Å²) in [5.74, 6) is 0.378. The molecule has 1 fully saturated rings. The van der Waals surface area contributed by atoms with Gasteiger partial charge in [0.05, 0.1) is 11.9 Å². The summed E-state index contributed by atoms with van der Waals surface area (Å²) in [6, 6.07) is 16.0. The Morgan fingerprint density at radius 1 is 1.06 bits per heavy atom. The third-order valence-electron chi connectivity index (χ3n) is 5.65. The molecule has 0 atom stereocenters. The van der Waals surface area contributed by atoms with Gasteiger partial charge in [-0.15, -0.1) is 0 Å². The van der Waals surface area contributed by atoms with Crippen molar-refractivity contribution in [1.82, 2.24) is 9.97 Å². The standard InChI is InChI=1S/C24H26FN5O3S2/c1-35(32,33)29-20-4-2-17(3-5-20)22-10-13-26-24(28-22)27-19-6-8-21(9-7-19)30-14-11-18(12-15-30)23(31)34-16-25/h2-10,13,18,29H,11-12,14-16H2,1H3,(H,26,27,28). The molecular formula is C24H26FN5O3S2. The number of rotatable bonds is 8. The van der Waals surface area contributed by atoms with E-state index in [1.807, 2.05) is 24.3 Å². The van der Waals surface area contributed by atoms with Crippen LogP contribution in [0.3, 0.4) is 0 Å². The number of alkyl halides is 1. The molecule has 0 amide bonds. The first-order valence-electron chi connectivity index (χ1n) is 11.1. The van der Waals surface area contributed by atoms with Crippen molar-refractivity contribution >= 4 is 49.9 Å². The van der Waals surface area contributed by atoms with Gasteiger partial charge in [-0.1, -0.05) is 23.9 Å². The van der Waals surface area contributed by atoms with Gasteiger partial charge in [0.2, 0.25) is 16.0 Å². The summed E-state index contributed by atoms with van der Waals surface area (Å²) in [5.41, 5.74) is 3.92. The van der Waals surface area contributed by atoms with Crippen LogP contribution in [-0.2, 0) is 14.8 Å². The van der Waals surface area contributed by atoms with E-state index in [1.54, 1.807) is 36.5 Å². The predicted molar refractivity (Wildman–Crippen MR) is 139 cm³/mol. The second-order valence-corrected chi connectivity index (χ2v) is 10.9. The molecule has 2 heterocycles. The van der Waals surface area contributed by atoms with Gasteiger partial charge in [-0.05, 0) is 55.3 Å². The molecule has 2 aromatic carbocycles. The Labute approximate surface area is 208 Å². The van der Waals surface area contributed by atoms with E-state index < -0.39 is 16.0 Å². The molecule has 184 valence electrons. The number of halogens is 1. The molecule has 11 heteroatoms. The number of nitrogens with zero attached hydrogens (tertiary/aromatic N) is 3.